The first kappa shape index (κ1) is 27.2. The Bertz CT molecular complexity index is 1510. The van der Waals surface area contributed by atoms with Crippen molar-refractivity contribution in [2.45, 2.75) is 73.8 Å². The van der Waals surface area contributed by atoms with Crippen molar-refractivity contribution in [3.8, 4) is 11.5 Å². The number of ether oxygens (including phenoxy) is 1. The summed E-state index contributed by atoms with van der Waals surface area (Å²) in [7, 11) is 1.61. The molecule has 1 amide bonds. The van der Waals surface area contributed by atoms with Gasteiger partial charge in [-0.2, -0.15) is 13.2 Å². The minimum Gasteiger partial charge on any atom is -0.504 e. The van der Waals surface area contributed by atoms with E-state index in [1.807, 2.05) is 6.07 Å². The van der Waals surface area contributed by atoms with Crippen molar-refractivity contribution in [2.24, 2.45) is 5.92 Å². The highest BCUT2D eigenvalue weighted by Crippen LogP contribution is 2.67. The summed E-state index contributed by atoms with van der Waals surface area (Å²) < 4.78 is 46.0. The second kappa shape index (κ2) is 9.20. The molecule has 3 aliphatic carbocycles. The van der Waals surface area contributed by atoms with E-state index in [4.69, 9.17) is 4.74 Å². The highest BCUT2D eigenvalue weighted by molar-refractivity contribution is 5.92. The van der Waals surface area contributed by atoms with Crippen molar-refractivity contribution in [2.75, 3.05) is 20.1 Å². The van der Waals surface area contributed by atoms with E-state index in [-0.39, 0.29) is 34.4 Å². The molecule has 222 valence electrons. The summed E-state index contributed by atoms with van der Waals surface area (Å²) in [5.74, 6) is 0.347. The number of hydrogen-bond acceptors (Lipinski definition) is 6. The number of nitrogens with zero attached hydrogens (tertiary/aromatic N) is 3. The van der Waals surface area contributed by atoms with E-state index in [9.17, 15) is 33.2 Å². The molecular weight excluding hydrogens is 551 g/mol. The van der Waals surface area contributed by atoms with Gasteiger partial charge in [-0.05, 0) is 80.0 Å². The first-order valence-corrected chi connectivity index (χ1v) is 14.5. The predicted molar refractivity (Wildman–Crippen MR) is 147 cm³/mol. The van der Waals surface area contributed by atoms with Gasteiger partial charge in [0.2, 0.25) is 5.91 Å². The number of hydrogen-bond donors (Lipinski definition) is 1. The second-order valence-electron chi connectivity index (χ2n) is 12.6. The molecule has 3 fully saturated rings. The number of likely N-dealkylation sites (N-methyl/N-ethyl adjacent to an activating group) is 1. The topological polar surface area (TPSA) is 96.2 Å². The van der Waals surface area contributed by atoms with Crippen molar-refractivity contribution in [1.29, 1.82) is 0 Å². The van der Waals surface area contributed by atoms with Crippen molar-refractivity contribution in [1.82, 2.24) is 9.80 Å². The molecule has 5 atom stereocenters. The third-order valence-corrected chi connectivity index (χ3v) is 10.5. The Hall–Kier alpha value is -3.60. The molecule has 1 N–H and O–H groups in total. The fourth-order valence-electron chi connectivity index (χ4n) is 8.50. The molecule has 5 aliphatic rings. The number of amides is 1. The Balaban J connectivity index is 1.25. The van der Waals surface area contributed by atoms with Crippen LogP contribution in [0.15, 0.2) is 42.5 Å². The number of benzene rings is 2. The van der Waals surface area contributed by atoms with Gasteiger partial charge in [0.15, 0.2) is 11.5 Å². The number of carbonyl (C=O) groups excluding carboxylic acids is 1. The summed E-state index contributed by atoms with van der Waals surface area (Å²) in [5, 5.41) is 24.1. The maximum absolute atomic E-state index is 13.4. The van der Waals surface area contributed by atoms with Gasteiger partial charge >= 0.3 is 6.18 Å². The van der Waals surface area contributed by atoms with Gasteiger partial charge in [-0.3, -0.25) is 19.8 Å². The molecule has 2 aromatic carbocycles. The van der Waals surface area contributed by atoms with Crippen molar-refractivity contribution < 1.29 is 32.7 Å². The maximum atomic E-state index is 13.4. The summed E-state index contributed by atoms with van der Waals surface area (Å²) in [4.78, 5) is 30.4. The molecule has 2 heterocycles. The Morgan fingerprint density at radius 1 is 1.24 bits per heavy atom. The Morgan fingerprint density at radius 3 is 2.74 bits per heavy atom. The molecule has 1 saturated heterocycles. The summed E-state index contributed by atoms with van der Waals surface area (Å²) >= 11 is 0. The average molecular weight is 584 g/mol. The Kier molecular flexibility index (Phi) is 5.97. The van der Waals surface area contributed by atoms with Crippen LogP contribution in [0.25, 0.3) is 6.08 Å². The number of piperidine rings is 1. The highest BCUT2D eigenvalue weighted by Gasteiger charge is 2.80. The van der Waals surface area contributed by atoms with Gasteiger partial charge in [0.05, 0.1) is 17.6 Å². The molecular formula is C31H32F3N3O5. The van der Waals surface area contributed by atoms with Crippen molar-refractivity contribution >= 4 is 12.0 Å². The van der Waals surface area contributed by atoms with Gasteiger partial charge in [-0.1, -0.05) is 18.2 Å². The summed E-state index contributed by atoms with van der Waals surface area (Å²) in [6.45, 7) is 1.51. The molecule has 2 aliphatic heterocycles. The van der Waals surface area contributed by atoms with Crippen LogP contribution in [0.1, 0.15) is 54.4 Å². The molecule has 42 heavy (non-hydrogen) atoms. The average Bonchev–Trinajstić information content (AvgIpc) is 3.70. The van der Waals surface area contributed by atoms with Crippen molar-refractivity contribution in [3.05, 3.63) is 74.8 Å². The molecule has 11 heteroatoms. The molecule has 0 aromatic heterocycles. The van der Waals surface area contributed by atoms with Crippen molar-refractivity contribution in [3.63, 3.8) is 0 Å². The van der Waals surface area contributed by atoms with E-state index in [1.54, 1.807) is 13.1 Å². The third-order valence-electron chi connectivity index (χ3n) is 10.5. The molecule has 2 saturated carbocycles. The highest BCUT2D eigenvalue weighted by atomic mass is 19.4. The lowest BCUT2D eigenvalue weighted by Gasteiger charge is -2.61. The number of carbonyl (C=O) groups is 1. The summed E-state index contributed by atoms with van der Waals surface area (Å²) in [6, 6.07) is 7.32. The van der Waals surface area contributed by atoms with E-state index in [2.05, 4.69) is 4.90 Å². The number of nitro groups is 1. The molecule has 2 aromatic rings. The quantitative estimate of drug-likeness (QED) is 0.298. The van der Waals surface area contributed by atoms with Crippen LogP contribution in [-0.2, 0) is 22.8 Å². The second-order valence-corrected chi connectivity index (χ2v) is 12.6. The van der Waals surface area contributed by atoms with Crippen LogP contribution in [-0.4, -0.2) is 69.6 Å². The number of halogens is 3. The fourth-order valence-corrected chi connectivity index (χ4v) is 8.50. The summed E-state index contributed by atoms with van der Waals surface area (Å²) in [6.07, 6.45) is 1.17. The Morgan fingerprint density at radius 2 is 2.02 bits per heavy atom. The first-order chi connectivity index (χ1) is 20.0. The largest absolute Gasteiger partial charge is 0.504 e. The predicted octanol–water partition coefficient (Wildman–Crippen LogP) is 4.80. The normalized spacial score (nSPS) is 31.5. The van der Waals surface area contributed by atoms with Gasteiger partial charge in [0, 0.05) is 36.6 Å². The van der Waals surface area contributed by atoms with Gasteiger partial charge < -0.3 is 14.7 Å². The van der Waals surface area contributed by atoms with E-state index in [0.717, 1.165) is 42.6 Å². The zero-order valence-electron chi connectivity index (χ0n) is 23.1. The van der Waals surface area contributed by atoms with Crippen LogP contribution < -0.4 is 4.74 Å². The minimum absolute atomic E-state index is 0.0641. The molecule has 1 spiro atoms. The van der Waals surface area contributed by atoms with Gasteiger partial charge in [-0.25, -0.2) is 0 Å². The zero-order chi connectivity index (χ0) is 29.6. The van der Waals surface area contributed by atoms with Gasteiger partial charge in [-0.15, -0.1) is 0 Å². The molecule has 8 nitrogen and oxygen atoms in total. The van der Waals surface area contributed by atoms with Crippen LogP contribution in [0.2, 0.25) is 0 Å². The van der Waals surface area contributed by atoms with Crippen LogP contribution >= 0.6 is 0 Å². The zero-order valence-corrected chi connectivity index (χ0v) is 23.1. The number of likely N-dealkylation sites (tertiary alicyclic amines) is 1. The number of alkyl halides is 3. The van der Waals surface area contributed by atoms with E-state index in [1.165, 1.54) is 29.2 Å². The maximum Gasteiger partial charge on any atom is 0.416 e. The lowest BCUT2D eigenvalue weighted by molar-refractivity contribution is -0.606. The van der Waals surface area contributed by atoms with Crippen LogP contribution in [0.4, 0.5) is 13.2 Å². The van der Waals surface area contributed by atoms with E-state index < -0.39 is 40.7 Å². The number of phenolic OH excluding ortho intramolecular Hbond substituents is 1. The smallest absolute Gasteiger partial charge is 0.416 e. The number of aromatic hydroxyl groups is 1. The van der Waals surface area contributed by atoms with E-state index >= 15 is 0 Å². The SMILES string of the molecule is CN(C(=O)/C=C/c1cccc(C(F)(F)F)c1)C1CC[C@@]2([N+](=O)[O-])[C@H]3Cc4ccc(O)c5c4[C@@]2(CCN3CC2CC2)C1O5. The minimum atomic E-state index is -4.50. The lowest BCUT2D eigenvalue weighted by atomic mass is 9.46. The van der Waals surface area contributed by atoms with Gasteiger partial charge in [0.25, 0.3) is 5.54 Å². The van der Waals surface area contributed by atoms with Crippen LogP contribution in [0, 0.1) is 16.0 Å². The molecule has 0 radical (unpaired) electrons. The standard InChI is InChI=1S/C31H32F3N3O5/c1-35(25(39)10-7-18-3-2-4-21(15-18)31(32,33)34)22-11-12-30(37(40)41)24-16-20-8-9-23(38)27-26(20)29(30,28(22)42-27)13-14-36(24)17-19-5-6-19/h2-4,7-10,15,19,22,24,28,38H,5-6,11-14,16-17H2,1H3/b10-7+/t22?,24-,28?,29+,30-/m1/s1. The molecule has 2 unspecified atom stereocenters. The fraction of sp³-hybridized carbons (Fsp3) is 0.516. The monoisotopic (exact) mass is 583 g/mol. The number of phenols is 1. The molecule has 7 rings (SSSR count). The van der Waals surface area contributed by atoms with E-state index in [0.29, 0.717) is 31.7 Å². The first-order valence-electron chi connectivity index (χ1n) is 14.5. The summed E-state index contributed by atoms with van der Waals surface area (Å²) in [5.41, 5.74) is -1.25. The van der Waals surface area contributed by atoms with Gasteiger partial charge in [0.1, 0.15) is 11.5 Å². The van der Waals surface area contributed by atoms with Crippen LogP contribution in [0.5, 0.6) is 11.5 Å². The van der Waals surface area contributed by atoms with Crippen LogP contribution in [0.3, 0.4) is 0 Å². The molecule has 2 bridgehead atoms. The number of rotatable bonds is 6. The lowest BCUT2D eigenvalue weighted by Crippen LogP contribution is -2.80. The Labute approximate surface area is 240 Å². The third kappa shape index (κ3) is 3.74.